The predicted octanol–water partition coefficient (Wildman–Crippen LogP) is 6.97. The topological polar surface area (TPSA) is 7.94 Å². The molecule has 0 fully saturated rings. The van der Waals surface area contributed by atoms with Crippen LogP contribution in [0.4, 0.5) is 5.69 Å². The van der Waals surface area contributed by atoms with Gasteiger partial charge in [0.15, 0.2) is 5.71 Å². The molecule has 1 aliphatic rings. The van der Waals surface area contributed by atoms with Crippen LogP contribution < -0.4 is 5.35 Å². The lowest BCUT2D eigenvalue weighted by Crippen LogP contribution is -2.31. The van der Waals surface area contributed by atoms with E-state index in [2.05, 4.69) is 104 Å². The van der Waals surface area contributed by atoms with E-state index >= 15 is 0 Å². The van der Waals surface area contributed by atoms with Gasteiger partial charge in [-0.3, -0.25) is 0 Å². The van der Waals surface area contributed by atoms with Crippen molar-refractivity contribution in [3.63, 3.8) is 0 Å². The summed E-state index contributed by atoms with van der Waals surface area (Å²) in [5.41, 5.74) is 5.60. The molecule has 5 rings (SSSR count). The first-order valence-electron chi connectivity index (χ1n) is 12.3. The molecule has 0 atom stereocenters. The van der Waals surface area contributed by atoms with Crippen LogP contribution in [0.3, 0.4) is 0 Å². The van der Waals surface area contributed by atoms with Gasteiger partial charge in [0.05, 0.1) is 10.8 Å². The molecule has 0 saturated heterocycles. The molecule has 0 aliphatic carbocycles. The third kappa shape index (κ3) is 3.20. The molecule has 164 valence electrons. The van der Waals surface area contributed by atoms with Crippen molar-refractivity contribution >= 4 is 39.2 Å². The lowest BCUT2D eigenvalue weighted by Gasteiger charge is -2.15. The van der Waals surface area contributed by atoms with Crippen LogP contribution in [0.1, 0.15) is 58.9 Å². The van der Waals surface area contributed by atoms with E-state index in [0.29, 0.717) is 0 Å². The van der Waals surface area contributed by atoms with E-state index in [-0.39, 0.29) is 5.41 Å². The van der Waals surface area contributed by atoms with Crippen molar-refractivity contribution in [1.29, 1.82) is 0 Å². The Morgan fingerprint density at radius 1 is 0.875 bits per heavy atom. The molecule has 32 heavy (non-hydrogen) atoms. The maximum absolute atomic E-state index is 2.59. The second-order valence-corrected chi connectivity index (χ2v) is 9.75. The van der Waals surface area contributed by atoms with Gasteiger partial charge in [-0.2, -0.15) is 4.58 Å². The number of aryl methyl sites for hydroxylation is 1. The average Bonchev–Trinajstić information content (AvgIpc) is 3.22. The first kappa shape index (κ1) is 21.0. The molecule has 0 N–H and O–H groups in total. The van der Waals surface area contributed by atoms with Gasteiger partial charge in [0, 0.05) is 47.0 Å². The van der Waals surface area contributed by atoms with Crippen LogP contribution in [0.2, 0.25) is 0 Å². The van der Waals surface area contributed by atoms with Crippen molar-refractivity contribution < 1.29 is 4.58 Å². The largest absolute Gasteiger partial charge is 0.340 e. The van der Waals surface area contributed by atoms with Crippen molar-refractivity contribution in [1.82, 2.24) is 4.57 Å². The predicted molar refractivity (Wildman–Crippen MR) is 138 cm³/mol. The van der Waals surface area contributed by atoms with E-state index in [1.165, 1.54) is 69.7 Å². The summed E-state index contributed by atoms with van der Waals surface area (Å²) in [4.78, 5) is 0. The Morgan fingerprint density at radius 2 is 1.62 bits per heavy atom. The summed E-state index contributed by atoms with van der Waals surface area (Å²) >= 11 is 0. The first-order chi connectivity index (χ1) is 15.6. The Morgan fingerprint density at radius 3 is 2.41 bits per heavy atom. The Kier molecular flexibility index (Phi) is 5.41. The normalized spacial score (nSPS) is 15.9. The van der Waals surface area contributed by atoms with E-state index in [9.17, 15) is 0 Å². The van der Waals surface area contributed by atoms with E-state index in [1.54, 1.807) is 0 Å². The van der Waals surface area contributed by atoms with Gasteiger partial charge in [-0.15, -0.1) is 0 Å². The summed E-state index contributed by atoms with van der Waals surface area (Å²) in [5.74, 6) is 0. The first-order valence-corrected chi connectivity index (χ1v) is 12.3. The number of rotatable bonds is 7. The number of unbranched alkanes of at least 4 members (excludes halogenated alkanes) is 2. The van der Waals surface area contributed by atoms with Crippen LogP contribution in [-0.2, 0) is 12.0 Å². The Balaban J connectivity index is 1.84. The number of nitrogens with zero attached hydrogens (tertiary/aromatic N) is 2. The molecule has 4 aromatic rings. The summed E-state index contributed by atoms with van der Waals surface area (Å²) in [7, 11) is 0. The molecule has 1 aromatic heterocycles. The van der Waals surface area contributed by atoms with Gasteiger partial charge in [-0.25, -0.2) is 0 Å². The van der Waals surface area contributed by atoms with Crippen molar-refractivity contribution in [2.75, 3.05) is 6.54 Å². The number of hydrogen-bond donors (Lipinski definition) is 0. The molecule has 1 aliphatic heterocycles. The fourth-order valence-electron chi connectivity index (χ4n) is 5.54. The van der Waals surface area contributed by atoms with Gasteiger partial charge in [0.2, 0.25) is 5.69 Å². The lowest BCUT2D eigenvalue weighted by molar-refractivity contribution is -0.437. The number of fused-ring (bicyclic) bond motifs is 1. The quantitative estimate of drug-likeness (QED) is 0.284. The third-order valence-electron chi connectivity index (χ3n) is 7.28. The maximum Gasteiger partial charge on any atom is 0.209 e. The molecule has 0 amide bonds. The number of aromatic nitrogens is 1. The zero-order valence-electron chi connectivity index (χ0n) is 20.0. The van der Waals surface area contributed by atoms with Crippen LogP contribution in [0.5, 0.6) is 0 Å². The van der Waals surface area contributed by atoms with Crippen LogP contribution in [0.15, 0.2) is 60.7 Å². The van der Waals surface area contributed by atoms with Gasteiger partial charge >= 0.3 is 0 Å². The minimum absolute atomic E-state index is 0.0174. The van der Waals surface area contributed by atoms with Crippen LogP contribution in [0.25, 0.3) is 27.8 Å². The molecular formula is C30H35N2+. The molecule has 2 nitrogen and oxygen atoms in total. The molecule has 2 heterocycles. The van der Waals surface area contributed by atoms with Crippen molar-refractivity contribution in [3.05, 3.63) is 71.6 Å². The monoisotopic (exact) mass is 423 g/mol. The fraction of sp³-hybridized carbons (Fsp3) is 0.367. The molecule has 0 bridgehead atoms. The molecule has 2 heteroatoms. The zero-order valence-corrected chi connectivity index (χ0v) is 20.0. The molecule has 0 saturated carbocycles. The van der Waals surface area contributed by atoms with E-state index in [0.717, 1.165) is 13.1 Å². The highest BCUT2D eigenvalue weighted by Crippen LogP contribution is 2.40. The smallest absolute Gasteiger partial charge is 0.209 e. The zero-order chi connectivity index (χ0) is 22.3. The van der Waals surface area contributed by atoms with E-state index < -0.39 is 0 Å². The molecule has 3 aromatic carbocycles. The van der Waals surface area contributed by atoms with E-state index in [4.69, 9.17) is 0 Å². The standard InChI is InChI=1S/C30H35N2/c1-5-7-19-31-26-18-12-14-22-13-11-15-23(29(22)26)27(31)21-28-30(3,4)24-16-9-10-17-25(24)32(28)20-8-6-2/h9-18,21H,5-8,19-20H2,1-4H3/q+1. The molecule has 0 radical (unpaired) electrons. The SMILES string of the molecule is CCCCn1/c(=C/C2=[N+](CCCC)c3ccccc3C2(C)C)c2cccc3cccc1c32. The summed E-state index contributed by atoms with van der Waals surface area (Å²) in [5, 5.41) is 5.49. The molecular weight excluding hydrogens is 388 g/mol. The summed E-state index contributed by atoms with van der Waals surface area (Å²) in [6.07, 6.45) is 7.31. The van der Waals surface area contributed by atoms with Gasteiger partial charge in [-0.05, 0) is 31.7 Å². The van der Waals surface area contributed by atoms with Gasteiger partial charge < -0.3 is 4.57 Å². The number of benzene rings is 3. The second kappa shape index (κ2) is 8.24. The van der Waals surface area contributed by atoms with Crippen molar-refractivity contribution in [2.45, 2.75) is 65.3 Å². The van der Waals surface area contributed by atoms with Crippen molar-refractivity contribution in [2.24, 2.45) is 0 Å². The summed E-state index contributed by atoms with van der Waals surface area (Å²) < 4.78 is 5.16. The number of para-hydroxylation sites is 1. The van der Waals surface area contributed by atoms with Crippen LogP contribution in [0, 0.1) is 0 Å². The number of hydrogen-bond acceptors (Lipinski definition) is 0. The minimum Gasteiger partial charge on any atom is -0.340 e. The highest BCUT2D eigenvalue weighted by atomic mass is 15.1. The van der Waals surface area contributed by atoms with Gasteiger partial charge in [-0.1, -0.05) is 75.2 Å². The Hall–Kier alpha value is -2.87. The van der Waals surface area contributed by atoms with Crippen LogP contribution in [-0.4, -0.2) is 21.4 Å². The van der Waals surface area contributed by atoms with E-state index in [1.807, 2.05) is 0 Å². The van der Waals surface area contributed by atoms with Crippen LogP contribution >= 0.6 is 0 Å². The summed E-state index contributed by atoms with van der Waals surface area (Å²) in [6, 6.07) is 22.5. The average molecular weight is 424 g/mol. The molecule has 0 spiro atoms. The van der Waals surface area contributed by atoms with Gasteiger partial charge in [0.1, 0.15) is 6.54 Å². The highest BCUT2D eigenvalue weighted by molar-refractivity contribution is 6.18. The highest BCUT2D eigenvalue weighted by Gasteiger charge is 2.44. The fourth-order valence-corrected chi connectivity index (χ4v) is 5.54. The molecule has 0 unspecified atom stereocenters. The van der Waals surface area contributed by atoms with Gasteiger partial charge in [0.25, 0.3) is 0 Å². The summed E-state index contributed by atoms with van der Waals surface area (Å²) in [6.45, 7) is 11.5. The second-order valence-electron chi connectivity index (χ2n) is 9.75. The third-order valence-corrected chi connectivity index (χ3v) is 7.28. The van der Waals surface area contributed by atoms with Crippen molar-refractivity contribution in [3.8, 4) is 0 Å². The lowest BCUT2D eigenvalue weighted by atomic mass is 9.81. The minimum atomic E-state index is -0.0174. The Labute approximate surface area is 191 Å². The maximum atomic E-state index is 2.59. The Bertz CT molecular complexity index is 1360.